The zero-order valence-corrected chi connectivity index (χ0v) is 13.0. The predicted molar refractivity (Wildman–Crippen MR) is 84.8 cm³/mol. The van der Waals surface area contributed by atoms with Crippen molar-refractivity contribution in [1.29, 1.82) is 0 Å². The van der Waals surface area contributed by atoms with Crippen LogP contribution in [0.25, 0.3) is 5.65 Å². The minimum atomic E-state index is -0.639. The van der Waals surface area contributed by atoms with E-state index in [9.17, 15) is 13.6 Å². The average molecular weight is 331 g/mol. The summed E-state index contributed by atoms with van der Waals surface area (Å²) in [5.41, 5.74) is 1.18. The van der Waals surface area contributed by atoms with E-state index in [2.05, 4.69) is 20.7 Å². The number of aromatic nitrogens is 3. The molecular weight excluding hydrogens is 316 g/mol. The molecule has 0 radical (unpaired) electrons. The van der Waals surface area contributed by atoms with Crippen LogP contribution in [-0.4, -0.2) is 27.6 Å². The van der Waals surface area contributed by atoms with Gasteiger partial charge in [0.1, 0.15) is 23.0 Å². The highest BCUT2D eigenvalue weighted by Crippen LogP contribution is 2.21. The van der Waals surface area contributed by atoms with E-state index in [4.69, 9.17) is 0 Å². The van der Waals surface area contributed by atoms with Crippen LogP contribution in [-0.2, 0) is 0 Å². The number of halogens is 2. The van der Waals surface area contributed by atoms with Gasteiger partial charge in [-0.2, -0.15) is 5.10 Å². The summed E-state index contributed by atoms with van der Waals surface area (Å²) in [5.74, 6) is -1.11. The Balaban J connectivity index is 1.90. The topological polar surface area (TPSA) is 71.3 Å². The summed E-state index contributed by atoms with van der Waals surface area (Å²) in [6.07, 6.45) is 3.08. The zero-order chi connectivity index (χ0) is 17.3. The van der Waals surface area contributed by atoms with Crippen LogP contribution in [0.3, 0.4) is 0 Å². The number of anilines is 1. The van der Waals surface area contributed by atoms with Gasteiger partial charge in [-0.25, -0.2) is 18.3 Å². The highest BCUT2D eigenvalue weighted by atomic mass is 19.1. The van der Waals surface area contributed by atoms with Gasteiger partial charge in [0.25, 0.3) is 5.91 Å². The van der Waals surface area contributed by atoms with Gasteiger partial charge in [0.05, 0.1) is 12.2 Å². The lowest BCUT2D eigenvalue weighted by Crippen LogP contribution is -2.18. The van der Waals surface area contributed by atoms with Crippen molar-refractivity contribution < 1.29 is 13.6 Å². The smallest absolute Gasteiger partial charge is 0.256 e. The Labute approximate surface area is 136 Å². The lowest BCUT2D eigenvalue weighted by atomic mass is 10.1. The molecule has 0 fully saturated rings. The lowest BCUT2D eigenvalue weighted by molar-refractivity contribution is 0.0964. The Morgan fingerprint density at radius 1 is 1.25 bits per heavy atom. The Hall–Kier alpha value is -3.03. The quantitative estimate of drug-likeness (QED) is 0.771. The van der Waals surface area contributed by atoms with Crippen molar-refractivity contribution in [2.75, 3.05) is 12.4 Å². The summed E-state index contributed by atoms with van der Waals surface area (Å²) in [4.78, 5) is 16.2. The van der Waals surface area contributed by atoms with Crippen LogP contribution in [0.2, 0.25) is 0 Å². The van der Waals surface area contributed by atoms with Gasteiger partial charge in [-0.1, -0.05) is 0 Å². The number of nitrogens with zero attached hydrogens (tertiary/aromatic N) is 3. The summed E-state index contributed by atoms with van der Waals surface area (Å²) in [7, 11) is 1.52. The molecule has 0 saturated carbocycles. The van der Waals surface area contributed by atoms with Crippen LogP contribution in [0, 0.1) is 11.6 Å². The molecule has 3 aromatic rings. The van der Waals surface area contributed by atoms with Crippen LogP contribution >= 0.6 is 0 Å². The maximum atomic E-state index is 13.3. The second kappa shape index (κ2) is 6.23. The van der Waals surface area contributed by atoms with Crippen LogP contribution < -0.4 is 10.6 Å². The molecule has 2 N–H and O–H groups in total. The van der Waals surface area contributed by atoms with Crippen molar-refractivity contribution in [1.82, 2.24) is 19.9 Å². The van der Waals surface area contributed by atoms with Gasteiger partial charge in [-0.15, -0.1) is 0 Å². The Morgan fingerprint density at radius 3 is 2.62 bits per heavy atom. The first-order chi connectivity index (χ1) is 11.5. The Bertz CT molecular complexity index is 888. The monoisotopic (exact) mass is 331 g/mol. The normalized spacial score (nSPS) is 12.2. The molecule has 124 valence electrons. The van der Waals surface area contributed by atoms with Gasteiger partial charge in [0.2, 0.25) is 0 Å². The van der Waals surface area contributed by atoms with E-state index in [-0.39, 0.29) is 11.9 Å². The number of rotatable bonds is 4. The molecule has 2 heterocycles. The van der Waals surface area contributed by atoms with Crippen molar-refractivity contribution in [3.63, 3.8) is 0 Å². The second-order valence-electron chi connectivity index (χ2n) is 5.29. The fourth-order valence-electron chi connectivity index (χ4n) is 2.37. The van der Waals surface area contributed by atoms with E-state index in [0.29, 0.717) is 22.6 Å². The largest absolute Gasteiger partial charge is 0.363 e. The summed E-state index contributed by atoms with van der Waals surface area (Å²) >= 11 is 0. The third-order valence-corrected chi connectivity index (χ3v) is 3.59. The fraction of sp³-hybridized carbons (Fsp3) is 0.188. The zero-order valence-electron chi connectivity index (χ0n) is 13.0. The molecule has 2 aromatic heterocycles. The number of benzene rings is 1. The average Bonchev–Trinajstić information content (AvgIpc) is 2.96. The SMILES string of the molecule is CNC(=O)c1cnn2ccc(N[C@H](C)c3cc(F)cc(F)c3)nc12. The Kier molecular flexibility index (Phi) is 4.11. The molecule has 8 heteroatoms. The number of nitrogens with one attached hydrogen (secondary N) is 2. The maximum Gasteiger partial charge on any atom is 0.256 e. The first kappa shape index (κ1) is 15.9. The van der Waals surface area contributed by atoms with Crippen LogP contribution in [0.15, 0.2) is 36.7 Å². The molecule has 0 aliphatic heterocycles. The predicted octanol–water partition coefficient (Wildman–Crippen LogP) is 2.54. The van der Waals surface area contributed by atoms with E-state index in [1.807, 2.05) is 0 Å². The van der Waals surface area contributed by atoms with E-state index in [1.165, 1.54) is 29.9 Å². The number of fused-ring (bicyclic) bond motifs is 1. The van der Waals surface area contributed by atoms with Crippen molar-refractivity contribution >= 4 is 17.4 Å². The lowest BCUT2D eigenvalue weighted by Gasteiger charge is -2.15. The number of hydrogen-bond acceptors (Lipinski definition) is 4. The summed E-state index contributed by atoms with van der Waals surface area (Å²) < 4.78 is 28.1. The number of amides is 1. The van der Waals surface area contributed by atoms with E-state index in [1.54, 1.807) is 19.2 Å². The van der Waals surface area contributed by atoms with E-state index >= 15 is 0 Å². The molecule has 0 aliphatic carbocycles. The van der Waals surface area contributed by atoms with Crippen molar-refractivity contribution in [2.24, 2.45) is 0 Å². The van der Waals surface area contributed by atoms with Gasteiger partial charge in [-0.3, -0.25) is 4.79 Å². The highest BCUT2D eigenvalue weighted by Gasteiger charge is 2.14. The number of carbonyl (C=O) groups excluding carboxylic acids is 1. The minimum Gasteiger partial charge on any atom is -0.363 e. The molecule has 3 rings (SSSR count). The van der Waals surface area contributed by atoms with Crippen molar-refractivity contribution in [3.05, 3.63) is 59.4 Å². The van der Waals surface area contributed by atoms with Crippen molar-refractivity contribution in [3.8, 4) is 0 Å². The summed E-state index contributed by atoms with van der Waals surface area (Å²) in [6.45, 7) is 1.76. The van der Waals surface area contributed by atoms with Crippen LogP contribution in [0.1, 0.15) is 28.9 Å². The summed E-state index contributed by atoms with van der Waals surface area (Å²) in [6, 6.07) is 4.63. The highest BCUT2D eigenvalue weighted by molar-refractivity contribution is 5.99. The number of carbonyl (C=O) groups is 1. The Morgan fingerprint density at radius 2 is 1.96 bits per heavy atom. The molecule has 1 atom stereocenters. The molecule has 1 amide bonds. The number of hydrogen-bond donors (Lipinski definition) is 2. The molecule has 1 aromatic carbocycles. The molecule has 6 nitrogen and oxygen atoms in total. The van der Waals surface area contributed by atoms with Gasteiger partial charge in [0.15, 0.2) is 5.65 Å². The van der Waals surface area contributed by atoms with Gasteiger partial charge >= 0.3 is 0 Å². The maximum absolute atomic E-state index is 13.3. The molecule has 0 unspecified atom stereocenters. The molecular formula is C16H15F2N5O. The molecule has 0 saturated heterocycles. The standard InChI is InChI=1S/C16H15F2N5O/c1-9(10-5-11(17)7-12(18)6-10)21-14-3-4-23-15(22-14)13(8-20-23)16(24)19-2/h3-9H,1-2H3,(H,19,24)(H,21,22)/t9-/m1/s1. The van der Waals surface area contributed by atoms with E-state index < -0.39 is 11.6 Å². The summed E-state index contributed by atoms with van der Waals surface area (Å²) in [5, 5.41) is 9.64. The van der Waals surface area contributed by atoms with Gasteiger partial charge < -0.3 is 10.6 Å². The molecule has 0 bridgehead atoms. The molecule has 0 spiro atoms. The van der Waals surface area contributed by atoms with Crippen LogP contribution in [0.5, 0.6) is 0 Å². The second-order valence-corrected chi connectivity index (χ2v) is 5.29. The minimum absolute atomic E-state index is 0.296. The van der Waals surface area contributed by atoms with Crippen molar-refractivity contribution in [2.45, 2.75) is 13.0 Å². The van der Waals surface area contributed by atoms with Gasteiger partial charge in [0, 0.05) is 19.3 Å². The third kappa shape index (κ3) is 3.03. The third-order valence-electron chi connectivity index (χ3n) is 3.59. The first-order valence-corrected chi connectivity index (χ1v) is 7.27. The fourth-order valence-corrected chi connectivity index (χ4v) is 2.37. The van der Waals surface area contributed by atoms with Crippen LogP contribution in [0.4, 0.5) is 14.6 Å². The van der Waals surface area contributed by atoms with E-state index in [0.717, 1.165) is 6.07 Å². The molecule has 24 heavy (non-hydrogen) atoms. The molecule has 0 aliphatic rings. The first-order valence-electron chi connectivity index (χ1n) is 7.27. The van der Waals surface area contributed by atoms with Gasteiger partial charge in [-0.05, 0) is 30.7 Å².